The molecule has 2 aromatic rings. The number of carbonyl (C=O) groups excluding carboxylic acids is 1. The van der Waals surface area contributed by atoms with Crippen LogP contribution < -0.4 is 11.1 Å². The van der Waals surface area contributed by atoms with Crippen LogP contribution in [0.2, 0.25) is 0 Å². The summed E-state index contributed by atoms with van der Waals surface area (Å²) in [7, 11) is 0. The number of morpholine rings is 1. The topological polar surface area (TPSA) is 80.5 Å². The molecular formula is C14H18N4O2S. The number of carbonyl (C=O) groups is 1. The molecule has 3 N–H and O–H groups in total. The highest BCUT2D eigenvalue weighted by Crippen LogP contribution is 2.24. The number of thiazole rings is 1. The fraction of sp³-hybridized carbons (Fsp3) is 0.429. The van der Waals surface area contributed by atoms with Crippen LogP contribution in [0.15, 0.2) is 18.2 Å². The zero-order valence-electron chi connectivity index (χ0n) is 11.7. The zero-order valence-corrected chi connectivity index (χ0v) is 12.5. The number of hydrogen-bond acceptors (Lipinski definition) is 6. The Kier molecular flexibility index (Phi) is 4.33. The number of amides is 1. The molecule has 1 saturated heterocycles. The average Bonchev–Trinajstić information content (AvgIpc) is 2.87. The van der Waals surface area contributed by atoms with Crippen molar-refractivity contribution in [1.29, 1.82) is 0 Å². The Hall–Kier alpha value is -1.70. The first kappa shape index (κ1) is 14.2. The van der Waals surface area contributed by atoms with E-state index in [2.05, 4.69) is 15.2 Å². The quantitative estimate of drug-likeness (QED) is 0.879. The van der Waals surface area contributed by atoms with Crippen LogP contribution in [-0.2, 0) is 4.74 Å². The number of aromatic nitrogens is 1. The molecule has 1 aliphatic heterocycles. The second-order valence-electron chi connectivity index (χ2n) is 4.94. The van der Waals surface area contributed by atoms with Crippen LogP contribution in [0.1, 0.15) is 10.4 Å². The molecule has 0 unspecified atom stereocenters. The van der Waals surface area contributed by atoms with E-state index in [1.807, 2.05) is 12.1 Å². The summed E-state index contributed by atoms with van der Waals surface area (Å²) in [5, 5.41) is 3.47. The van der Waals surface area contributed by atoms with Gasteiger partial charge in [0.1, 0.15) is 0 Å². The highest BCUT2D eigenvalue weighted by atomic mass is 32.1. The number of nitrogens with two attached hydrogens (primary N) is 1. The van der Waals surface area contributed by atoms with Crippen molar-refractivity contribution < 1.29 is 9.53 Å². The van der Waals surface area contributed by atoms with Gasteiger partial charge in [-0.3, -0.25) is 9.69 Å². The van der Waals surface area contributed by atoms with Gasteiger partial charge in [0.25, 0.3) is 5.91 Å². The second kappa shape index (κ2) is 6.38. The van der Waals surface area contributed by atoms with E-state index in [1.54, 1.807) is 6.07 Å². The predicted octanol–water partition coefficient (Wildman–Crippen LogP) is 0.940. The van der Waals surface area contributed by atoms with Crippen molar-refractivity contribution in [1.82, 2.24) is 15.2 Å². The van der Waals surface area contributed by atoms with E-state index in [-0.39, 0.29) is 5.91 Å². The second-order valence-corrected chi connectivity index (χ2v) is 6.01. The summed E-state index contributed by atoms with van der Waals surface area (Å²) >= 11 is 1.39. The van der Waals surface area contributed by atoms with E-state index in [9.17, 15) is 4.79 Å². The highest BCUT2D eigenvalue weighted by molar-refractivity contribution is 7.22. The number of hydrogen-bond donors (Lipinski definition) is 2. The largest absolute Gasteiger partial charge is 0.379 e. The Morgan fingerprint density at radius 1 is 1.43 bits per heavy atom. The SMILES string of the molecule is Nc1nc2ccc(C(=O)NCCN3CCOCC3)cc2s1. The van der Waals surface area contributed by atoms with Crippen molar-refractivity contribution in [3.8, 4) is 0 Å². The molecule has 1 aromatic carbocycles. The summed E-state index contributed by atoms with van der Waals surface area (Å²) < 4.78 is 6.23. The van der Waals surface area contributed by atoms with Crippen LogP contribution in [-0.4, -0.2) is 55.2 Å². The fourth-order valence-electron chi connectivity index (χ4n) is 2.34. The van der Waals surface area contributed by atoms with Gasteiger partial charge in [0, 0.05) is 31.7 Å². The van der Waals surface area contributed by atoms with Crippen molar-refractivity contribution in [3.05, 3.63) is 23.8 Å². The molecule has 21 heavy (non-hydrogen) atoms. The van der Waals surface area contributed by atoms with Crippen LogP contribution in [0.25, 0.3) is 10.2 Å². The predicted molar refractivity (Wildman–Crippen MR) is 83.6 cm³/mol. The monoisotopic (exact) mass is 306 g/mol. The Morgan fingerprint density at radius 3 is 3.05 bits per heavy atom. The molecule has 1 amide bonds. The first-order valence-electron chi connectivity index (χ1n) is 6.97. The van der Waals surface area contributed by atoms with Crippen molar-refractivity contribution in [2.24, 2.45) is 0 Å². The summed E-state index contributed by atoms with van der Waals surface area (Å²) in [5.41, 5.74) is 7.15. The summed E-state index contributed by atoms with van der Waals surface area (Å²) in [6.45, 7) is 4.91. The minimum absolute atomic E-state index is 0.0582. The molecule has 3 rings (SSSR count). The molecule has 7 heteroatoms. The molecule has 0 saturated carbocycles. The summed E-state index contributed by atoms with van der Waals surface area (Å²) in [4.78, 5) is 18.6. The van der Waals surface area contributed by atoms with Crippen molar-refractivity contribution in [2.75, 3.05) is 45.1 Å². The minimum atomic E-state index is -0.0582. The molecule has 1 aliphatic rings. The summed E-state index contributed by atoms with van der Waals surface area (Å²) in [6.07, 6.45) is 0. The van der Waals surface area contributed by atoms with Gasteiger partial charge >= 0.3 is 0 Å². The molecule has 6 nitrogen and oxygen atoms in total. The van der Waals surface area contributed by atoms with Crippen molar-refractivity contribution >= 4 is 32.6 Å². The zero-order chi connectivity index (χ0) is 14.7. The van der Waals surface area contributed by atoms with Gasteiger partial charge in [0.2, 0.25) is 0 Å². The van der Waals surface area contributed by atoms with Crippen LogP contribution in [0.5, 0.6) is 0 Å². The Balaban J connectivity index is 1.55. The van der Waals surface area contributed by atoms with Gasteiger partial charge < -0.3 is 15.8 Å². The fourth-order valence-corrected chi connectivity index (χ4v) is 3.11. The van der Waals surface area contributed by atoms with Gasteiger partial charge in [-0.05, 0) is 18.2 Å². The van der Waals surface area contributed by atoms with Gasteiger partial charge in [0.15, 0.2) is 5.13 Å². The number of fused-ring (bicyclic) bond motifs is 1. The van der Waals surface area contributed by atoms with E-state index in [0.29, 0.717) is 17.2 Å². The number of nitrogens with zero attached hydrogens (tertiary/aromatic N) is 2. The maximum Gasteiger partial charge on any atom is 0.251 e. The normalized spacial score (nSPS) is 16.2. The van der Waals surface area contributed by atoms with E-state index in [0.717, 1.165) is 43.1 Å². The van der Waals surface area contributed by atoms with Crippen molar-refractivity contribution in [3.63, 3.8) is 0 Å². The lowest BCUT2D eigenvalue weighted by molar-refractivity contribution is 0.0383. The van der Waals surface area contributed by atoms with Crippen LogP contribution in [0.4, 0.5) is 5.13 Å². The maximum absolute atomic E-state index is 12.1. The molecule has 1 fully saturated rings. The van der Waals surface area contributed by atoms with Crippen LogP contribution in [0, 0.1) is 0 Å². The van der Waals surface area contributed by atoms with E-state index in [1.165, 1.54) is 11.3 Å². The lowest BCUT2D eigenvalue weighted by Gasteiger charge is -2.26. The molecule has 0 radical (unpaired) electrons. The molecule has 0 aliphatic carbocycles. The summed E-state index contributed by atoms with van der Waals surface area (Å²) in [5.74, 6) is -0.0582. The first-order valence-corrected chi connectivity index (χ1v) is 7.78. The summed E-state index contributed by atoms with van der Waals surface area (Å²) in [6, 6.07) is 5.46. The molecule has 0 spiro atoms. The smallest absolute Gasteiger partial charge is 0.251 e. The van der Waals surface area contributed by atoms with Crippen molar-refractivity contribution in [2.45, 2.75) is 0 Å². The van der Waals surface area contributed by atoms with Gasteiger partial charge in [0.05, 0.1) is 23.4 Å². The number of nitrogen functional groups attached to an aromatic ring is 1. The minimum Gasteiger partial charge on any atom is -0.379 e. The number of anilines is 1. The standard InChI is InChI=1S/C14H18N4O2S/c15-14-17-11-2-1-10(9-12(11)21-14)13(19)16-3-4-18-5-7-20-8-6-18/h1-2,9H,3-8H2,(H2,15,17)(H,16,19). The lowest BCUT2D eigenvalue weighted by atomic mass is 10.2. The Bertz CT molecular complexity index is 637. The maximum atomic E-state index is 12.1. The average molecular weight is 306 g/mol. The Morgan fingerprint density at radius 2 is 2.24 bits per heavy atom. The van der Waals surface area contributed by atoms with E-state index >= 15 is 0 Å². The lowest BCUT2D eigenvalue weighted by Crippen LogP contribution is -2.41. The molecular weight excluding hydrogens is 288 g/mol. The molecule has 0 atom stereocenters. The number of rotatable bonds is 4. The van der Waals surface area contributed by atoms with E-state index < -0.39 is 0 Å². The Labute approximate surface area is 126 Å². The third-order valence-corrected chi connectivity index (χ3v) is 4.33. The number of nitrogens with one attached hydrogen (secondary N) is 1. The third kappa shape index (κ3) is 3.49. The number of ether oxygens (including phenoxy) is 1. The van der Waals surface area contributed by atoms with Gasteiger partial charge in [-0.1, -0.05) is 11.3 Å². The van der Waals surface area contributed by atoms with Gasteiger partial charge in [-0.25, -0.2) is 4.98 Å². The highest BCUT2D eigenvalue weighted by Gasteiger charge is 2.11. The van der Waals surface area contributed by atoms with Crippen LogP contribution >= 0.6 is 11.3 Å². The molecule has 1 aromatic heterocycles. The molecule has 2 heterocycles. The molecule has 112 valence electrons. The molecule has 0 bridgehead atoms. The van der Waals surface area contributed by atoms with Gasteiger partial charge in [-0.2, -0.15) is 0 Å². The third-order valence-electron chi connectivity index (χ3n) is 3.48. The van der Waals surface area contributed by atoms with Crippen LogP contribution in [0.3, 0.4) is 0 Å². The first-order chi connectivity index (χ1) is 10.2. The van der Waals surface area contributed by atoms with E-state index in [4.69, 9.17) is 10.5 Å². The number of benzene rings is 1. The van der Waals surface area contributed by atoms with Gasteiger partial charge in [-0.15, -0.1) is 0 Å².